The predicted octanol–water partition coefficient (Wildman–Crippen LogP) is 1.28. The summed E-state index contributed by atoms with van der Waals surface area (Å²) in [7, 11) is 1.66. The number of rotatable bonds is 2. The van der Waals surface area contributed by atoms with E-state index in [9.17, 15) is 4.79 Å². The molecule has 1 saturated heterocycles. The standard InChI is InChI=1S/C11H17N3OS/c1-7-9(10(15)12-2)16-11(14-7)8-4-3-5-13-6-8/h8,13H,3-6H2,1-2H3,(H,12,15)/t8-/m1/s1. The van der Waals surface area contributed by atoms with Crippen molar-refractivity contribution in [3.63, 3.8) is 0 Å². The minimum absolute atomic E-state index is 0.0231. The summed E-state index contributed by atoms with van der Waals surface area (Å²) in [6.45, 7) is 3.99. The number of aromatic nitrogens is 1. The molecule has 1 atom stereocenters. The molecule has 0 aliphatic carbocycles. The first kappa shape index (κ1) is 11.5. The molecule has 1 aliphatic heterocycles. The average Bonchev–Trinajstić information content (AvgIpc) is 2.71. The molecule has 0 saturated carbocycles. The normalized spacial score (nSPS) is 20.8. The summed E-state index contributed by atoms with van der Waals surface area (Å²) in [6, 6.07) is 0. The van der Waals surface area contributed by atoms with Gasteiger partial charge in [0.15, 0.2) is 0 Å². The maximum atomic E-state index is 11.6. The largest absolute Gasteiger partial charge is 0.354 e. The first-order chi connectivity index (χ1) is 7.72. The first-order valence-corrected chi connectivity index (χ1v) is 6.44. The molecule has 5 heteroatoms. The smallest absolute Gasteiger partial charge is 0.263 e. The number of amides is 1. The molecule has 0 radical (unpaired) electrons. The van der Waals surface area contributed by atoms with Crippen LogP contribution >= 0.6 is 11.3 Å². The zero-order chi connectivity index (χ0) is 11.5. The van der Waals surface area contributed by atoms with Crippen LogP contribution in [0.2, 0.25) is 0 Å². The Labute approximate surface area is 99.5 Å². The van der Waals surface area contributed by atoms with Crippen LogP contribution in [-0.2, 0) is 0 Å². The molecule has 2 heterocycles. The van der Waals surface area contributed by atoms with Gasteiger partial charge >= 0.3 is 0 Å². The van der Waals surface area contributed by atoms with E-state index in [4.69, 9.17) is 0 Å². The van der Waals surface area contributed by atoms with Gasteiger partial charge in [-0.1, -0.05) is 0 Å². The lowest BCUT2D eigenvalue weighted by molar-refractivity contribution is 0.0966. The van der Waals surface area contributed by atoms with Crippen molar-refractivity contribution in [3.05, 3.63) is 15.6 Å². The Hall–Kier alpha value is -0.940. The zero-order valence-corrected chi connectivity index (χ0v) is 10.5. The van der Waals surface area contributed by atoms with Crippen LogP contribution in [0.4, 0.5) is 0 Å². The third kappa shape index (κ3) is 2.25. The van der Waals surface area contributed by atoms with E-state index < -0.39 is 0 Å². The molecule has 1 fully saturated rings. The Kier molecular flexibility index (Phi) is 3.56. The summed E-state index contributed by atoms with van der Waals surface area (Å²) in [5.41, 5.74) is 0.852. The van der Waals surface area contributed by atoms with Gasteiger partial charge in [-0.05, 0) is 26.3 Å². The zero-order valence-electron chi connectivity index (χ0n) is 9.67. The number of nitrogens with zero attached hydrogens (tertiary/aromatic N) is 1. The Morgan fingerprint density at radius 2 is 2.44 bits per heavy atom. The van der Waals surface area contributed by atoms with Gasteiger partial charge in [0, 0.05) is 19.5 Å². The molecule has 1 aromatic heterocycles. The summed E-state index contributed by atoms with van der Waals surface area (Å²) in [5, 5.41) is 7.13. The van der Waals surface area contributed by atoms with Gasteiger partial charge in [-0.15, -0.1) is 11.3 Å². The fourth-order valence-corrected chi connectivity index (χ4v) is 3.13. The fourth-order valence-electron chi connectivity index (χ4n) is 1.98. The van der Waals surface area contributed by atoms with Crippen molar-refractivity contribution in [1.29, 1.82) is 0 Å². The maximum Gasteiger partial charge on any atom is 0.263 e. The quantitative estimate of drug-likeness (QED) is 0.817. The highest BCUT2D eigenvalue weighted by Gasteiger charge is 2.21. The van der Waals surface area contributed by atoms with Crippen LogP contribution in [-0.4, -0.2) is 31.0 Å². The number of aryl methyl sites for hydroxylation is 1. The summed E-state index contributed by atoms with van der Waals surface area (Å²) >= 11 is 1.54. The first-order valence-electron chi connectivity index (χ1n) is 5.62. The van der Waals surface area contributed by atoms with E-state index in [1.807, 2.05) is 6.92 Å². The lowest BCUT2D eigenvalue weighted by atomic mass is 10.0. The second-order valence-electron chi connectivity index (χ2n) is 4.09. The highest BCUT2D eigenvalue weighted by Crippen LogP contribution is 2.29. The number of hydrogen-bond acceptors (Lipinski definition) is 4. The average molecular weight is 239 g/mol. The molecule has 88 valence electrons. The lowest BCUT2D eigenvalue weighted by Gasteiger charge is -2.20. The summed E-state index contributed by atoms with van der Waals surface area (Å²) in [6.07, 6.45) is 2.37. The topological polar surface area (TPSA) is 54.0 Å². The van der Waals surface area contributed by atoms with Crippen LogP contribution in [0, 0.1) is 6.92 Å². The van der Waals surface area contributed by atoms with E-state index in [1.54, 1.807) is 7.05 Å². The predicted molar refractivity (Wildman–Crippen MR) is 65.1 cm³/mol. The number of carbonyl (C=O) groups excluding carboxylic acids is 1. The second-order valence-corrected chi connectivity index (χ2v) is 5.12. The number of thiazole rings is 1. The molecule has 0 bridgehead atoms. The third-order valence-corrected chi connectivity index (χ3v) is 4.21. The van der Waals surface area contributed by atoms with Crippen LogP contribution in [0.3, 0.4) is 0 Å². The van der Waals surface area contributed by atoms with Gasteiger partial charge < -0.3 is 10.6 Å². The van der Waals surface area contributed by atoms with E-state index >= 15 is 0 Å². The second kappa shape index (κ2) is 4.93. The van der Waals surface area contributed by atoms with Gasteiger partial charge in [0.2, 0.25) is 0 Å². The Morgan fingerprint density at radius 3 is 3.06 bits per heavy atom. The van der Waals surface area contributed by atoms with Gasteiger partial charge in [0.05, 0.1) is 10.7 Å². The van der Waals surface area contributed by atoms with Crippen LogP contribution in [0.5, 0.6) is 0 Å². The molecule has 4 nitrogen and oxygen atoms in total. The monoisotopic (exact) mass is 239 g/mol. The van der Waals surface area contributed by atoms with E-state index in [2.05, 4.69) is 15.6 Å². The SMILES string of the molecule is CNC(=O)c1sc([C@@H]2CCCNC2)nc1C. The van der Waals surface area contributed by atoms with Gasteiger partial charge in [-0.2, -0.15) is 0 Å². The number of nitrogens with one attached hydrogen (secondary N) is 2. The van der Waals surface area contributed by atoms with Crippen LogP contribution in [0.15, 0.2) is 0 Å². The van der Waals surface area contributed by atoms with Crippen LogP contribution < -0.4 is 10.6 Å². The molecule has 2 rings (SSSR count). The van der Waals surface area contributed by atoms with Gasteiger partial charge in [0.1, 0.15) is 4.88 Å². The number of carbonyl (C=O) groups is 1. The lowest BCUT2D eigenvalue weighted by Crippen LogP contribution is -2.28. The Bertz CT molecular complexity index is 383. The van der Waals surface area contributed by atoms with Crippen molar-refractivity contribution in [3.8, 4) is 0 Å². The summed E-state index contributed by atoms with van der Waals surface area (Å²) in [4.78, 5) is 16.8. The summed E-state index contributed by atoms with van der Waals surface area (Å²) < 4.78 is 0. The van der Waals surface area contributed by atoms with Crippen molar-refractivity contribution in [2.75, 3.05) is 20.1 Å². The number of piperidine rings is 1. The van der Waals surface area contributed by atoms with Crippen LogP contribution in [0.25, 0.3) is 0 Å². The highest BCUT2D eigenvalue weighted by atomic mass is 32.1. The van der Waals surface area contributed by atoms with Crippen molar-refractivity contribution < 1.29 is 4.79 Å². The van der Waals surface area contributed by atoms with Crippen molar-refractivity contribution in [2.45, 2.75) is 25.7 Å². The van der Waals surface area contributed by atoms with Gasteiger partial charge in [0.25, 0.3) is 5.91 Å². The van der Waals surface area contributed by atoms with Gasteiger partial charge in [-0.3, -0.25) is 4.79 Å². The molecule has 1 amide bonds. The van der Waals surface area contributed by atoms with E-state index in [0.29, 0.717) is 5.92 Å². The molecule has 1 aromatic rings. The van der Waals surface area contributed by atoms with E-state index in [-0.39, 0.29) is 5.91 Å². The Morgan fingerprint density at radius 1 is 1.62 bits per heavy atom. The van der Waals surface area contributed by atoms with E-state index in [0.717, 1.165) is 28.7 Å². The molecule has 2 N–H and O–H groups in total. The van der Waals surface area contributed by atoms with Gasteiger partial charge in [-0.25, -0.2) is 4.98 Å². The molecular weight excluding hydrogens is 222 g/mol. The van der Waals surface area contributed by atoms with Crippen LogP contribution in [0.1, 0.15) is 39.1 Å². The number of hydrogen-bond donors (Lipinski definition) is 2. The van der Waals surface area contributed by atoms with Crippen molar-refractivity contribution >= 4 is 17.2 Å². The Balaban J connectivity index is 2.19. The maximum absolute atomic E-state index is 11.6. The third-order valence-electron chi connectivity index (χ3n) is 2.89. The van der Waals surface area contributed by atoms with Crippen molar-refractivity contribution in [1.82, 2.24) is 15.6 Å². The highest BCUT2D eigenvalue weighted by molar-refractivity contribution is 7.13. The van der Waals surface area contributed by atoms with E-state index in [1.165, 1.54) is 24.2 Å². The fraction of sp³-hybridized carbons (Fsp3) is 0.636. The molecule has 16 heavy (non-hydrogen) atoms. The minimum Gasteiger partial charge on any atom is -0.354 e. The summed E-state index contributed by atoms with van der Waals surface area (Å²) in [5.74, 6) is 0.459. The molecule has 0 spiro atoms. The molecular formula is C11H17N3OS. The molecule has 1 aliphatic rings. The minimum atomic E-state index is -0.0231. The molecule has 0 aromatic carbocycles. The van der Waals surface area contributed by atoms with Crippen molar-refractivity contribution in [2.24, 2.45) is 0 Å². The molecule has 0 unspecified atom stereocenters.